The highest BCUT2D eigenvalue weighted by molar-refractivity contribution is 5.92. The molecule has 116 valence electrons. The van der Waals surface area contributed by atoms with Crippen LogP contribution in [0.25, 0.3) is 27.9 Å². The molecule has 1 aliphatic heterocycles. The molecule has 2 heteroatoms. The minimum atomic E-state index is 0.705. The third-order valence-electron chi connectivity index (χ3n) is 3.98. The van der Waals surface area contributed by atoms with Gasteiger partial charge in [0.25, 0.3) is 0 Å². The van der Waals surface area contributed by atoms with E-state index < -0.39 is 0 Å². The molecule has 3 aromatic carbocycles. The lowest BCUT2D eigenvalue weighted by molar-refractivity contribution is 0.358. The summed E-state index contributed by atoms with van der Waals surface area (Å²) in [5.41, 5.74) is 3.30. The largest absolute Gasteiger partial charge is 0.489 e. The third-order valence-corrected chi connectivity index (χ3v) is 3.98. The summed E-state index contributed by atoms with van der Waals surface area (Å²) < 4.78 is 5.34. The molecule has 2 heterocycles. The summed E-state index contributed by atoms with van der Waals surface area (Å²) in [6.07, 6.45) is 4.10. The van der Waals surface area contributed by atoms with E-state index in [1.165, 1.54) is 16.3 Å². The van der Waals surface area contributed by atoms with Gasteiger partial charge < -0.3 is 4.74 Å². The molecule has 0 saturated carbocycles. The minimum absolute atomic E-state index is 0.705. The topological polar surface area (TPSA) is 22.1 Å². The lowest BCUT2D eigenvalue weighted by Gasteiger charge is -2.10. The lowest BCUT2D eigenvalue weighted by Crippen LogP contribution is -1.98. The van der Waals surface area contributed by atoms with Gasteiger partial charge in [0.1, 0.15) is 12.4 Å². The molecule has 0 atom stereocenters. The minimum Gasteiger partial charge on any atom is -0.489 e. The van der Waals surface area contributed by atoms with Crippen LogP contribution in [-0.4, -0.2) is 11.6 Å². The van der Waals surface area contributed by atoms with E-state index in [4.69, 9.17) is 4.74 Å². The van der Waals surface area contributed by atoms with E-state index >= 15 is 0 Å². The van der Waals surface area contributed by atoms with Gasteiger partial charge in [0.2, 0.25) is 0 Å². The van der Waals surface area contributed by atoms with Crippen LogP contribution in [0.1, 0.15) is 5.56 Å². The molecule has 0 saturated heterocycles. The second kappa shape index (κ2) is 6.55. The van der Waals surface area contributed by atoms with Gasteiger partial charge in [0, 0.05) is 16.3 Å². The van der Waals surface area contributed by atoms with Crippen molar-refractivity contribution in [3.63, 3.8) is 0 Å². The molecule has 24 heavy (non-hydrogen) atoms. The summed E-state index contributed by atoms with van der Waals surface area (Å²) in [6, 6.07) is 26.6. The number of nitrogens with zero attached hydrogens (tertiary/aromatic N) is 1. The van der Waals surface area contributed by atoms with Gasteiger partial charge in [0.15, 0.2) is 0 Å². The molecule has 0 bridgehead atoms. The fraction of sp³-hybridized carbons (Fsp3) is 0.0455. The van der Waals surface area contributed by atoms with Crippen molar-refractivity contribution < 1.29 is 4.74 Å². The molecule has 0 amide bonds. The van der Waals surface area contributed by atoms with E-state index in [1.54, 1.807) is 0 Å². The summed E-state index contributed by atoms with van der Waals surface area (Å²) in [7, 11) is 0. The molecule has 0 fully saturated rings. The molecule has 0 spiro atoms. The van der Waals surface area contributed by atoms with Crippen molar-refractivity contribution in [1.82, 2.24) is 4.98 Å². The zero-order valence-corrected chi connectivity index (χ0v) is 13.2. The van der Waals surface area contributed by atoms with Crippen LogP contribution in [0.15, 0.2) is 84.9 Å². The van der Waals surface area contributed by atoms with Crippen molar-refractivity contribution in [2.75, 3.05) is 6.61 Å². The van der Waals surface area contributed by atoms with E-state index in [2.05, 4.69) is 29.3 Å². The second-order valence-corrected chi connectivity index (χ2v) is 5.62. The Bertz CT molecular complexity index is 915. The Morgan fingerprint density at radius 1 is 0.708 bits per heavy atom. The Balaban J connectivity index is 0.000000129. The van der Waals surface area contributed by atoms with Crippen molar-refractivity contribution in [1.29, 1.82) is 0 Å². The van der Waals surface area contributed by atoms with Crippen molar-refractivity contribution in [3.8, 4) is 5.75 Å². The van der Waals surface area contributed by atoms with Crippen LogP contribution in [0, 0.1) is 0 Å². The van der Waals surface area contributed by atoms with Gasteiger partial charge in [-0.25, -0.2) is 4.98 Å². The van der Waals surface area contributed by atoms with Gasteiger partial charge in [-0.2, -0.15) is 0 Å². The first-order valence-corrected chi connectivity index (χ1v) is 8.03. The summed E-state index contributed by atoms with van der Waals surface area (Å²) in [5.74, 6) is 0.991. The van der Waals surface area contributed by atoms with Crippen LogP contribution in [-0.2, 0) is 0 Å². The quantitative estimate of drug-likeness (QED) is 0.401. The first-order valence-electron chi connectivity index (χ1n) is 8.03. The van der Waals surface area contributed by atoms with E-state index in [0.717, 1.165) is 16.8 Å². The molecular weight excluding hydrogens is 294 g/mol. The summed E-state index contributed by atoms with van der Waals surface area (Å²) in [4.78, 5) is 4.58. The Hall–Kier alpha value is -3.13. The van der Waals surface area contributed by atoms with Gasteiger partial charge in [-0.3, -0.25) is 0 Å². The molecule has 0 unspecified atom stereocenters. The van der Waals surface area contributed by atoms with E-state index in [-0.39, 0.29) is 0 Å². The summed E-state index contributed by atoms with van der Waals surface area (Å²) >= 11 is 0. The maximum Gasteiger partial charge on any atom is 0.126 e. The van der Waals surface area contributed by atoms with Crippen molar-refractivity contribution >= 4 is 27.9 Å². The Morgan fingerprint density at radius 3 is 2.04 bits per heavy atom. The highest BCUT2D eigenvalue weighted by atomic mass is 16.5. The van der Waals surface area contributed by atoms with Crippen molar-refractivity contribution in [2.24, 2.45) is 0 Å². The molecule has 0 N–H and O–H groups in total. The van der Waals surface area contributed by atoms with Crippen LogP contribution in [0.5, 0.6) is 5.75 Å². The van der Waals surface area contributed by atoms with Crippen LogP contribution in [0.2, 0.25) is 0 Å². The van der Waals surface area contributed by atoms with Gasteiger partial charge in [0.05, 0.1) is 11.0 Å². The van der Waals surface area contributed by atoms with E-state index in [1.807, 2.05) is 66.7 Å². The van der Waals surface area contributed by atoms with Gasteiger partial charge in [-0.1, -0.05) is 60.7 Å². The summed E-state index contributed by atoms with van der Waals surface area (Å²) in [5, 5.41) is 2.40. The van der Waals surface area contributed by atoms with Crippen LogP contribution >= 0.6 is 0 Å². The first kappa shape index (κ1) is 14.5. The highest BCUT2D eigenvalue weighted by Crippen LogP contribution is 2.22. The average Bonchev–Trinajstić information content (AvgIpc) is 2.67. The zero-order valence-electron chi connectivity index (χ0n) is 13.2. The molecule has 0 aliphatic carbocycles. The number of hydrogen-bond donors (Lipinski definition) is 0. The molecule has 1 aliphatic rings. The number of fused-ring (bicyclic) bond motifs is 3. The number of hydrogen-bond acceptors (Lipinski definition) is 2. The van der Waals surface area contributed by atoms with Crippen LogP contribution < -0.4 is 4.74 Å². The standard InChI is InChI=1S/C13H9N.C9H8O/c1-3-7-12-10(5-1)9-11-6-2-4-8-13(11)14-12;1-2-6-9-8(4-1)5-3-7-10-9/h1-9H;1-6H,7H2. The third kappa shape index (κ3) is 2.99. The zero-order chi connectivity index (χ0) is 16.2. The van der Waals surface area contributed by atoms with Crippen LogP contribution in [0.3, 0.4) is 0 Å². The van der Waals surface area contributed by atoms with Gasteiger partial charge in [-0.15, -0.1) is 0 Å². The van der Waals surface area contributed by atoms with Gasteiger partial charge >= 0.3 is 0 Å². The molecular formula is C22H17NO. The number of ether oxygens (including phenoxy) is 1. The number of rotatable bonds is 0. The molecule has 1 aromatic heterocycles. The van der Waals surface area contributed by atoms with E-state index in [0.29, 0.717) is 6.61 Å². The first-order chi connectivity index (χ1) is 11.9. The predicted molar refractivity (Wildman–Crippen MR) is 100 cm³/mol. The fourth-order valence-electron chi connectivity index (χ4n) is 2.78. The number of benzene rings is 3. The maximum absolute atomic E-state index is 5.34. The van der Waals surface area contributed by atoms with Crippen LogP contribution in [0.4, 0.5) is 0 Å². The Kier molecular flexibility index (Phi) is 3.95. The highest BCUT2D eigenvalue weighted by Gasteiger charge is 2.01. The van der Waals surface area contributed by atoms with E-state index in [9.17, 15) is 0 Å². The lowest BCUT2D eigenvalue weighted by atomic mass is 10.1. The van der Waals surface area contributed by atoms with Crippen molar-refractivity contribution in [3.05, 3.63) is 90.5 Å². The number of aromatic nitrogens is 1. The smallest absolute Gasteiger partial charge is 0.126 e. The average molecular weight is 311 g/mol. The Labute approximate surface area is 141 Å². The molecule has 5 rings (SSSR count). The molecule has 0 radical (unpaired) electrons. The number of para-hydroxylation sites is 3. The van der Waals surface area contributed by atoms with Crippen molar-refractivity contribution in [2.45, 2.75) is 0 Å². The maximum atomic E-state index is 5.34. The monoisotopic (exact) mass is 311 g/mol. The fourth-order valence-corrected chi connectivity index (χ4v) is 2.78. The summed E-state index contributed by atoms with van der Waals surface area (Å²) in [6.45, 7) is 0.705. The van der Waals surface area contributed by atoms with Gasteiger partial charge in [-0.05, 0) is 30.3 Å². The molecule has 4 aromatic rings. The predicted octanol–water partition coefficient (Wildman–Crippen LogP) is 5.48. The Morgan fingerprint density at radius 2 is 1.33 bits per heavy atom. The second-order valence-electron chi connectivity index (χ2n) is 5.62. The normalized spacial score (nSPS) is 12.2. The molecule has 2 nitrogen and oxygen atoms in total. The number of pyridine rings is 1. The SMILES string of the molecule is C1=Cc2ccccc2OC1.c1ccc2nc3ccccc3cc2c1.